The topological polar surface area (TPSA) is 32.3 Å². The highest BCUT2D eigenvalue weighted by Gasteiger charge is 2.11. The fourth-order valence-electron chi connectivity index (χ4n) is 3.29. The summed E-state index contributed by atoms with van der Waals surface area (Å²) in [5, 5.41) is 2.89. The van der Waals surface area contributed by atoms with Gasteiger partial charge in [0, 0.05) is 13.1 Å². The molecule has 1 aliphatic rings. The number of piperidine rings is 1. The standard InChI is InChI=1S/C21H25FN2O/c22-20-10-3-2-9-19(20)14-21(25)23-15-17-7-6-8-18(13-17)16-24-11-4-1-5-12-24/h2-3,6-10,13H,1,4-5,11-12,14-16H2,(H,23,25). The molecule has 0 aromatic heterocycles. The Morgan fingerprint density at radius 3 is 2.56 bits per heavy atom. The van der Waals surface area contributed by atoms with Crippen molar-refractivity contribution in [3.63, 3.8) is 0 Å². The summed E-state index contributed by atoms with van der Waals surface area (Å²) in [6.07, 6.45) is 3.97. The van der Waals surface area contributed by atoms with E-state index in [-0.39, 0.29) is 18.1 Å². The van der Waals surface area contributed by atoms with E-state index in [4.69, 9.17) is 0 Å². The molecule has 4 heteroatoms. The fourth-order valence-corrected chi connectivity index (χ4v) is 3.29. The van der Waals surface area contributed by atoms with E-state index in [2.05, 4.69) is 22.3 Å². The van der Waals surface area contributed by atoms with E-state index in [0.717, 1.165) is 12.1 Å². The highest BCUT2D eigenvalue weighted by Crippen LogP contribution is 2.14. The molecular formula is C21H25FN2O. The molecule has 25 heavy (non-hydrogen) atoms. The van der Waals surface area contributed by atoms with E-state index in [1.807, 2.05) is 12.1 Å². The van der Waals surface area contributed by atoms with E-state index in [1.54, 1.807) is 18.2 Å². The van der Waals surface area contributed by atoms with Crippen molar-refractivity contribution >= 4 is 5.91 Å². The second kappa shape index (κ2) is 8.77. The zero-order valence-corrected chi connectivity index (χ0v) is 14.5. The van der Waals surface area contributed by atoms with Gasteiger partial charge in [-0.05, 0) is 48.7 Å². The number of halogens is 1. The van der Waals surface area contributed by atoms with Gasteiger partial charge in [-0.15, -0.1) is 0 Å². The maximum absolute atomic E-state index is 13.6. The minimum absolute atomic E-state index is 0.0696. The van der Waals surface area contributed by atoms with Gasteiger partial charge in [0.1, 0.15) is 5.82 Å². The Bertz CT molecular complexity index is 711. The third-order valence-electron chi connectivity index (χ3n) is 4.64. The van der Waals surface area contributed by atoms with Gasteiger partial charge in [0.2, 0.25) is 5.91 Å². The van der Waals surface area contributed by atoms with Crippen LogP contribution < -0.4 is 5.32 Å². The van der Waals surface area contributed by atoms with E-state index in [1.165, 1.54) is 44.0 Å². The molecule has 0 unspecified atom stereocenters. The first-order chi connectivity index (χ1) is 12.2. The first-order valence-corrected chi connectivity index (χ1v) is 9.01. The number of rotatable bonds is 6. The molecule has 2 aromatic rings. The Hall–Kier alpha value is -2.20. The lowest BCUT2D eigenvalue weighted by Gasteiger charge is -2.26. The van der Waals surface area contributed by atoms with Gasteiger partial charge in [0.15, 0.2) is 0 Å². The number of hydrogen-bond acceptors (Lipinski definition) is 2. The highest BCUT2D eigenvalue weighted by atomic mass is 19.1. The molecule has 3 nitrogen and oxygen atoms in total. The molecule has 0 spiro atoms. The van der Waals surface area contributed by atoms with Gasteiger partial charge in [-0.25, -0.2) is 4.39 Å². The number of likely N-dealkylation sites (tertiary alicyclic amines) is 1. The normalized spacial score (nSPS) is 15.1. The Morgan fingerprint density at radius 2 is 1.76 bits per heavy atom. The predicted molar refractivity (Wildman–Crippen MR) is 97.5 cm³/mol. The van der Waals surface area contributed by atoms with Crippen molar-refractivity contribution in [2.45, 2.75) is 38.8 Å². The number of carbonyl (C=O) groups is 1. The van der Waals surface area contributed by atoms with Crippen LogP contribution in [0, 0.1) is 5.82 Å². The van der Waals surface area contributed by atoms with Crippen molar-refractivity contribution in [3.05, 3.63) is 71.0 Å². The summed E-state index contributed by atoms with van der Waals surface area (Å²) in [4.78, 5) is 14.5. The quantitative estimate of drug-likeness (QED) is 0.870. The number of nitrogens with zero attached hydrogens (tertiary/aromatic N) is 1. The van der Waals surface area contributed by atoms with Crippen molar-refractivity contribution in [1.82, 2.24) is 10.2 Å². The summed E-state index contributed by atoms with van der Waals surface area (Å²) >= 11 is 0. The maximum Gasteiger partial charge on any atom is 0.224 e. The summed E-state index contributed by atoms with van der Waals surface area (Å²) in [6.45, 7) is 3.78. The first kappa shape index (κ1) is 17.6. The summed E-state index contributed by atoms with van der Waals surface area (Å²) in [7, 11) is 0. The smallest absolute Gasteiger partial charge is 0.224 e. The van der Waals surface area contributed by atoms with E-state index in [0.29, 0.717) is 12.1 Å². The summed E-state index contributed by atoms with van der Waals surface area (Å²) in [5.41, 5.74) is 2.79. The third kappa shape index (κ3) is 5.40. The second-order valence-corrected chi connectivity index (χ2v) is 6.70. The van der Waals surface area contributed by atoms with E-state index < -0.39 is 0 Å². The average molecular weight is 340 g/mol. The van der Waals surface area contributed by atoms with Crippen LogP contribution in [0.1, 0.15) is 36.0 Å². The largest absolute Gasteiger partial charge is 0.352 e. The lowest BCUT2D eigenvalue weighted by molar-refractivity contribution is -0.120. The zero-order chi connectivity index (χ0) is 17.5. The van der Waals surface area contributed by atoms with Crippen molar-refractivity contribution in [2.75, 3.05) is 13.1 Å². The molecule has 1 N–H and O–H groups in total. The van der Waals surface area contributed by atoms with Crippen LogP contribution >= 0.6 is 0 Å². The molecule has 1 fully saturated rings. The monoisotopic (exact) mass is 340 g/mol. The predicted octanol–water partition coefficient (Wildman–Crippen LogP) is 3.67. The van der Waals surface area contributed by atoms with Gasteiger partial charge in [-0.2, -0.15) is 0 Å². The molecule has 1 heterocycles. The molecule has 0 radical (unpaired) electrons. The Kier molecular flexibility index (Phi) is 6.18. The lowest BCUT2D eigenvalue weighted by atomic mass is 10.1. The molecular weight excluding hydrogens is 315 g/mol. The van der Waals surface area contributed by atoms with Crippen LogP contribution in [0.25, 0.3) is 0 Å². The van der Waals surface area contributed by atoms with Gasteiger partial charge in [0.25, 0.3) is 0 Å². The van der Waals surface area contributed by atoms with Crippen molar-refractivity contribution in [3.8, 4) is 0 Å². The fraction of sp³-hybridized carbons (Fsp3) is 0.381. The molecule has 0 saturated carbocycles. The summed E-state index contributed by atoms with van der Waals surface area (Å²) in [6, 6.07) is 14.7. The summed E-state index contributed by atoms with van der Waals surface area (Å²) in [5.74, 6) is -0.493. The number of carbonyl (C=O) groups excluding carboxylic acids is 1. The number of nitrogens with one attached hydrogen (secondary N) is 1. The Morgan fingerprint density at radius 1 is 1.00 bits per heavy atom. The summed E-state index contributed by atoms with van der Waals surface area (Å²) < 4.78 is 13.6. The molecule has 2 aromatic carbocycles. The number of amides is 1. The first-order valence-electron chi connectivity index (χ1n) is 9.01. The number of benzene rings is 2. The van der Waals surface area contributed by atoms with Gasteiger partial charge in [-0.3, -0.25) is 9.69 Å². The lowest BCUT2D eigenvalue weighted by Crippen LogP contribution is -2.29. The highest BCUT2D eigenvalue weighted by molar-refractivity contribution is 5.78. The van der Waals surface area contributed by atoms with Crippen LogP contribution in [0.4, 0.5) is 4.39 Å². The van der Waals surface area contributed by atoms with E-state index in [9.17, 15) is 9.18 Å². The molecule has 0 aliphatic carbocycles. The average Bonchev–Trinajstić information content (AvgIpc) is 2.63. The molecule has 0 atom stereocenters. The van der Waals surface area contributed by atoms with Gasteiger partial charge < -0.3 is 5.32 Å². The van der Waals surface area contributed by atoms with Crippen LogP contribution in [0.2, 0.25) is 0 Å². The van der Waals surface area contributed by atoms with Crippen LogP contribution in [0.5, 0.6) is 0 Å². The minimum atomic E-state index is -0.332. The van der Waals surface area contributed by atoms with Crippen molar-refractivity contribution < 1.29 is 9.18 Å². The van der Waals surface area contributed by atoms with Crippen molar-refractivity contribution in [1.29, 1.82) is 0 Å². The molecule has 1 amide bonds. The Labute approximate surface area is 148 Å². The minimum Gasteiger partial charge on any atom is -0.352 e. The zero-order valence-electron chi connectivity index (χ0n) is 14.5. The van der Waals surface area contributed by atoms with E-state index >= 15 is 0 Å². The maximum atomic E-state index is 13.6. The van der Waals surface area contributed by atoms with Gasteiger partial charge >= 0.3 is 0 Å². The van der Waals surface area contributed by atoms with Gasteiger partial charge in [-0.1, -0.05) is 48.9 Å². The number of hydrogen-bond donors (Lipinski definition) is 1. The van der Waals surface area contributed by atoms with Crippen LogP contribution in [-0.2, 0) is 24.3 Å². The SMILES string of the molecule is O=C(Cc1ccccc1F)NCc1cccc(CN2CCCCC2)c1. The second-order valence-electron chi connectivity index (χ2n) is 6.70. The third-order valence-corrected chi connectivity index (χ3v) is 4.64. The molecule has 3 rings (SSSR count). The van der Waals surface area contributed by atoms with Crippen LogP contribution in [-0.4, -0.2) is 23.9 Å². The molecule has 1 saturated heterocycles. The molecule has 0 bridgehead atoms. The molecule has 132 valence electrons. The molecule has 1 aliphatic heterocycles. The Balaban J connectivity index is 1.51. The van der Waals surface area contributed by atoms with Gasteiger partial charge in [0.05, 0.1) is 6.42 Å². The van der Waals surface area contributed by atoms with Crippen LogP contribution in [0.3, 0.4) is 0 Å². The van der Waals surface area contributed by atoms with Crippen molar-refractivity contribution in [2.24, 2.45) is 0 Å². The van der Waals surface area contributed by atoms with Crippen LogP contribution in [0.15, 0.2) is 48.5 Å².